The summed E-state index contributed by atoms with van der Waals surface area (Å²) in [7, 11) is -3.08. The molecule has 18 heavy (non-hydrogen) atoms. The summed E-state index contributed by atoms with van der Waals surface area (Å²) < 4.78 is 24.4. The molecule has 0 saturated heterocycles. The smallest absolute Gasteiger partial charge is 0.179 e. The quantitative estimate of drug-likeness (QED) is 0.892. The normalized spacial score (nSPS) is 25.8. The maximum Gasteiger partial charge on any atom is 0.179 e. The van der Waals surface area contributed by atoms with E-state index < -0.39 is 9.84 Å². The lowest BCUT2D eigenvalue weighted by atomic mass is 9.98. The highest BCUT2D eigenvalue weighted by Crippen LogP contribution is 2.37. The predicted octanol–water partition coefficient (Wildman–Crippen LogP) is 2.27. The maximum atomic E-state index is 12.2. The van der Waals surface area contributed by atoms with Gasteiger partial charge >= 0.3 is 0 Å². The van der Waals surface area contributed by atoms with Gasteiger partial charge in [-0.2, -0.15) is 0 Å². The maximum absolute atomic E-state index is 12.2. The lowest BCUT2D eigenvalue weighted by molar-refractivity contribution is 0.488. The summed E-state index contributed by atoms with van der Waals surface area (Å²) in [5.41, 5.74) is 3.03. The van der Waals surface area contributed by atoms with Crippen LogP contribution in [0.25, 0.3) is 0 Å². The molecule has 1 heterocycles. The molecule has 1 unspecified atom stereocenters. The second kappa shape index (κ2) is 4.07. The van der Waals surface area contributed by atoms with Gasteiger partial charge in [-0.05, 0) is 44.2 Å². The molecule has 98 valence electrons. The molecule has 4 heteroatoms. The van der Waals surface area contributed by atoms with Gasteiger partial charge in [-0.1, -0.05) is 17.7 Å². The number of aryl methyl sites for hydroxylation is 2. The van der Waals surface area contributed by atoms with E-state index in [0.29, 0.717) is 17.4 Å². The lowest BCUT2D eigenvalue weighted by Gasteiger charge is -2.28. The summed E-state index contributed by atoms with van der Waals surface area (Å²) in [6.07, 6.45) is 3.15. The second-order valence-electron chi connectivity index (χ2n) is 5.60. The molecule has 1 atom stereocenters. The van der Waals surface area contributed by atoms with Gasteiger partial charge in [0.25, 0.3) is 0 Å². The minimum atomic E-state index is -3.08. The third kappa shape index (κ3) is 2.08. The van der Waals surface area contributed by atoms with Crippen LogP contribution >= 0.6 is 0 Å². The number of hydrogen-bond acceptors (Lipinski definition) is 3. The molecule has 1 saturated carbocycles. The van der Waals surface area contributed by atoms with Crippen molar-refractivity contribution in [3.05, 3.63) is 28.8 Å². The van der Waals surface area contributed by atoms with Crippen molar-refractivity contribution < 1.29 is 8.42 Å². The average molecular weight is 265 g/mol. The van der Waals surface area contributed by atoms with Gasteiger partial charge in [0.1, 0.15) is 0 Å². The van der Waals surface area contributed by atoms with Crippen LogP contribution in [0.4, 0.5) is 0 Å². The molecule has 1 fully saturated rings. The second-order valence-corrected chi connectivity index (χ2v) is 7.65. The molecule has 0 radical (unpaired) electrons. The Balaban J connectivity index is 2.11. The van der Waals surface area contributed by atoms with E-state index in [1.54, 1.807) is 0 Å². The van der Waals surface area contributed by atoms with E-state index in [4.69, 9.17) is 0 Å². The van der Waals surface area contributed by atoms with Crippen molar-refractivity contribution in [1.82, 2.24) is 5.32 Å². The summed E-state index contributed by atoms with van der Waals surface area (Å²) in [5.74, 6) is 0.272. The summed E-state index contributed by atoms with van der Waals surface area (Å²) >= 11 is 0. The first kappa shape index (κ1) is 12.2. The summed E-state index contributed by atoms with van der Waals surface area (Å²) in [5, 5.41) is 3.58. The summed E-state index contributed by atoms with van der Waals surface area (Å²) in [6.45, 7) is 3.94. The first-order valence-corrected chi connectivity index (χ1v) is 8.22. The average Bonchev–Trinajstić information content (AvgIpc) is 3.04. The lowest BCUT2D eigenvalue weighted by Crippen LogP contribution is -2.31. The van der Waals surface area contributed by atoms with Crippen LogP contribution < -0.4 is 5.32 Å². The van der Waals surface area contributed by atoms with Crippen molar-refractivity contribution in [2.75, 3.05) is 5.75 Å². The van der Waals surface area contributed by atoms with Crippen molar-refractivity contribution in [3.63, 3.8) is 0 Å². The van der Waals surface area contributed by atoms with E-state index in [2.05, 4.69) is 5.32 Å². The Morgan fingerprint density at radius 1 is 1.17 bits per heavy atom. The molecule has 3 nitrogen and oxygen atoms in total. The fourth-order valence-electron chi connectivity index (χ4n) is 2.91. The number of sulfone groups is 1. The van der Waals surface area contributed by atoms with Crippen molar-refractivity contribution in [1.29, 1.82) is 0 Å². The standard InChI is InChI=1S/C14H19NO2S/c1-9-7-10(2)14-12(8-9)13(15-11-3-4-11)5-6-18(14,16)17/h7-8,11,13,15H,3-6H2,1-2H3. The van der Waals surface area contributed by atoms with Gasteiger partial charge in [0, 0.05) is 12.1 Å². The van der Waals surface area contributed by atoms with Crippen LogP contribution in [0, 0.1) is 13.8 Å². The van der Waals surface area contributed by atoms with Crippen LogP contribution in [-0.4, -0.2) is 20.2 Å². The molecule has 1 aliphatic carbocycles. The SMILES string of the molecule is Cc1cc(C)c2c(c1)C(NC1CC1)CCS2(=O)=O. The zero-order chi connectivity index (χ0) is 12.9. The third-order valence-corrected chi connectivity index (χ3v) is 5.78. The Morgan fingerprint density at radius 2 is 1.89 bits per heavy atom. The van der Waals surface area contributed by atoms with Crippen LogP contribution in [0.5, 0.6) is 0 Å². The third-order valence-electron chi connectivity index (χ3n) is 3.82. The van der Waals surface area contributed by atoms with Gasteiger partial charge in [-0.3, -0.25) is 0 Å². The van der Waals surface area contributed by atoms with Crippen molar-refractivity contribution in [3.8, 4) is 0 Å². The van der Waals surface area contributed by atoms with Gasteiger partial charge in [-0.25, -0.2) is 8.42 Å². The number of rotatable bonds is 2. The molecule has 1 aromatic carbocycles. The van der Waals surface area contributed by atoms with Crippen LogP contribution in [0.15, 0.2) is 17.0 Å². The number of nitrogens with one attached hydrogen (secondary N) is 1. The minimum Gasteiger partial charge on any atom is -0.307 e. The fourth-order valence-corrected chi connectivity index (χ4v) is 4.77. The minimum absolute atomic E-state index is 0.217. The molecule has 3 rings (SSSR count). The molecular weight excluding hydrogens is 246 g/mol. The first-order chi connectivity index (χ1) is 8.47. The monoisotopic (exact) mass is 265 g/mol. The van der Waals surface area contributed by atoms with Gasteiger partial charge in [0.15, 0.2) is 9.84 Å². The molecule has 2 aliphatic rings. The zero-order valence-electron chi connectivity index (χ0n) is 10.9. The number of benzene rings is 1. The Bertz CT molecular complexity index is 588. The highest BCUT2D eigenvalue weighted by Gasteiger charge is 2.34. The molecule has 1 N–H and O–H groups in total. The van der Waals surface area contributed by atoms with Gasteiger partial charge < -0.3 is 5.32 Å². The summed E-state index contributed by atoms with van der Waals surface area (Å²) in [6, 6.07) is 4.83. The zero-order valence-corrected chi connectivity index (χ0v) is 11.7. The van der Waals surface area contributed by atoms with E-state index in [1.807, 2.05) is 26.0 Å². The van der Waals surface area contributed by atoms with Crippen LogP contribution in [0.3, 0.4) is 0 Å². The van der Waals surface area contributed by atoms with E-state index in [1.165, 1.54) is 12.8 Å². The molecule has 1 aliphatic heterocycles. The molecule has 0 amide bonds. The molecular formula is C14H19NO2S. The molecule has 1 aromatic rings. The van der Waals surface area contributed by atoms with Crippen LogP contribution in [-0.2, 0) is 9.84 Å². The van der Waals surface area contributed by atoms with Gasteiger partial charge in [-0.15, -0.1) is 0 Å². The van der Waals surface area contributed by atoms with Gasteiger partial charge in [0.2, 0.25) is 0 Å². The van der Waals surface area contributed by atoms with E-state index in [9.17, 15) is 8.42 Å². The highest BCUT2D eigenvalue weighted by molar-refractivity contribution is 7.91. The highest BCUT2D eigenvalue weighted by atomic mass is 32.2. The largest absolute Gasteiger partial charge is 0.307 e. The Labute approximate surface area is 109 Å². The summed E-state index contributed by atoms with van der Waals surface area (Å²) in [4.78, 5) is 0.581. The van der Waals surface area contributed by atoms with Crippen LogP contribution in [0.2, 0.25) is 0 Å². The molecule has 0 aromatic heterocycles. The van der Waals surface area contributed by atoms with E-state index in [-0.39, 0.29) is 11.8 Å². The Kier molecular flexibility index (Phi) is 2.75. The Hall–Kier alpha value is -0.870. The molecule has 0 bridgehead atoms. The van der Waals surface area contributed by atoms with E-state index in [0.717, 1.165) is 16.7 Å². The van der Waals surface area contributed by atoms with Crippen molar-refractivity contribution in [2.45, 2.75) is 50.1 Å². The first-order valence-electron chi connectivity index (χ1n) is 6.57. The predicted molar refractivity (Wildman–Crippen MR) is 71.5 cm³/mol. The fraction of sp³-hybridized carbons (Fsp3) is 0.571. The number of hydrogen-bond donors (Lipinski definition) is 1. The van der Waals surface area contributed by atoms with Crippen LogP contribution in [0.1, 0.15) is 42.0 Å². The Morgan fingerprint density at radius 3 is 2.56 bits per heavy atom. The molecule has 0 spiro atoms. The van der Waals surface area contributed by atoms with Crippen molar-refractivity contribution in [2.24, 2.45) is 0 Å². The number of fused-ring (bicyclic) bond motifs is 1. The van der Waals surface area contributed by atoms with Crippen molar-refractivity contribution >= 4 is 9.84 Å². The topological polar surface area (TPSA) is 46.2 Å². The van der Waals surface area contributed by atoms with Gasteiger partial charge in [0.05, 0.1) is 10.6 Å². The van der Waals surface area contributed by atoms with E-state index >= 15 is 0 Å².